The topological polar surface area (TPSA) is 42.8 Å². The van der Waals surface area contributed by atoms with Gasteiger partial charge in [-0.2, -0.15) is 5.10 Å². The van der Waals surface area contributed by atoms with Crippen LogP contribution in [0.5, 0.6) is 11.5 Å². The smallest absolute Gasteiger partial charge is 0.126 e. The lowest BCUT2D eigenvalue weighted by atomic mass is 9.77. The number of benzene rings is 2. The van der Waals surface area contributed by atoms with E-state index in [1.54, 1.807) is 14.2 Å². The summed E-state index contributed by atoms with van der Waals surface area (Å²) in [6.07, 6.45) is 5.58. The second-order valence-corrected chi connectivity index (χ2v) is 6.76. The molecular weight excluding hydrogens is 324 g/mol. The summed E-state index contributed by atoms with van der Waals surface area (Å²) in [5.74, 6) is 2.19. The van der Waals surface area contributed by atoms with Crippen molar-refractivity contribution in [3.63, 3.8) is 0 Å². The standard InChI is InChI=1S/C22H24N2O2/c1-25-19-12-5-3-8-15(19)14-16-9-7-11-18-21(16)23-24-22(18)17-10-4-6-13-20(17)26-2/h3-6,8,10,12-14,18,22,24H,7,9,11H2,1-2H3/b16-14+. The average molecular weight is 348 g/mol. The molecule has 2 aromatic rings. The maximum absolute atomic E-state index is 5.57. The van der Waals surface area contributed by atoms with Crippen molar-refractivity contribution in [1.29, 1.82) is 0 Å². The minimum atomic E-state index is 0.169. The molecule has 1 heterocycles. The van der Waals surface area contributed by atoms with Crippen LogP contribution in [0.2, 0.25) is 0 Å². The fourth-order valence-electron chi connectivity index (χ4n) is 4.05. The van der Waals surface area contributed by atoms with E-state index in [1.807, 2.05) is 30.3 Å². The molecule has 134 valence electrons. The number of allylic oxidation sites excluding steroid dienone is 1. The number of para-hydroxylation sites is 2. The van der Waals surface area contributed by atoms with Crippen molar-refractivity contribution in [2.75, 3.05) is 14.2 Å². The Kier molecular flexibility index (Phi) is 4.65. The largest absolute Gasteiger partial charge is 0.496 e. The van der Waals surface area contributed by atoms with Gasteiger partial charge >= 0.3 is 0 Å². The van der Waals surface area contributed by atoms with E-state index in [0.29, 0.717) is 5.92 Å². The summed E-state index contributed by atoms with van der Waals surface area (Å²) in [6.45, 7) is 0. The van der Waals surface area contributed by atoms with Crippen LogP contribution in [0, 0.1) is 5.92 Å². The van der Waals surface area contributed by atoms with Crippen molar-refractivity contribution in [1.82, 2.24) is 5.43 Å². The molecule has 1 saturated carbocycles. The summed E-state index contributed by atoms with van der Waals surface area (Å²) in [6, 6.07) is 16.5. The van der Waals surface area contributed by atoms with Gasteiger partial charge in [-0.25, -0.2) is 0 Å². The number of fused-ring (bicyclic) bond motifs is 1. The fourth-order valence-corrected chi connectivity index (χ4v) is 4.05. The number of methoxy groups -OCH3 is 2. The highest BCUT2D eigenvalue weighted by Crippen LogP contribution is 2.42. The first-order chi connectivity index (χ1) is 12.8. The summed E-state index contributed by atoms with van der Waals surface area (Å²) in [5, 5.41) is 4.73. The van der Waals surface area contributed by atoms with Crippen molar-refractivity contribution in [3.8, 4) is 11.5 Å². The first-order valence-corrected chi connectivity index (χ1v) is 9.12. The Morgan fingerprint density at radius 3 is 2.54 bits per heavy atom. The summed E-state index contributed by atoms with van der Waals surface area (Å²) >= 11 is 0. The molecule has 2 aliphatic rings. The zero-order valence-corrected chi connectivity index (χ0v) is 15.2. The number of hydrogen-bond donors (Lipinski definition) is 1. The normalized spacial score (nSPS) is 23.2. The van der Waals surface area contributed by atoms with Crippen LogP contribution in [-0.2, 0) is 0 Å². The summed E-state index contributed by atoms with van der Waals surface area (Å²) < 4.78 is 11.1. The molecule has 2 atom stereocenters. The van der Waals surface area contributed by atoms with Gasteiger partial charge in [-0.15, -0.1) is 0 Å². The molecule has 0 saturated heterocycles. The second-order valence-electron chi connectivity index (χ2n) is 6.76. The van der Waals surface area contributed by atoms with E-state index in [2.05, 4.69) is 29.7 Å². The molecule has 1 aliphatic heterocycles. The molecule has 0 amide bonds. The molecule has 1 aliphatic carbocycles. The van der Waals surface area contributed by atoms with E-state index in [-0.39, 0.29) is 6.04 Å². The van der Waals surface area contributed by atoms with Crippen molar-refractivity contribution in [2.24, 2.45) is 11.0 Å². The second kappa shape index (κ2) is 7.24. The van der Waals surface area contributed by atoms with Crippen LogP contribution in [0.25, 0.3) is 6.08 Å². The molecule has 0 spiro atoms. The number of hydrazone groups is 1. The van der Waals surface area contributed by atoms with Gasteiger partial charge < -0.3 is 14.9 Å². The van der Waals surface area contributed by atoms with Crippen LogP contribution in [0.4, 0.5) is 0 Å². The number of hydrogen-bond acceptors (Lipinski definition) is 4. The Bertz CT molecular complexity index is 857. The first kappa shape index (κ1) is 16.7. The van der Waals surface area contributed by atoms with Gasteiger partial charge in [0.25, 0.3) is 0 Å². The third kappa shape index (κ3) is 2.96. The Labute approximate surface area is 154 Å². The van der Waals surface area contributed by atoms with Gasteiger partial charge in [-0.3, -0.25) is 0 Å². The predicted molar refractivity (Wildman–Crippen MR) is 105 cm³/mol. The average Bonchev–Trinajstić information content (AvgIpc) is 3.13. The van der Waals surface area contributed by atoms with Crippen LogP contribution in [0.15, 0.2) is 59.2 Å². The van der Waals surface area contributed by atoms with Gasteiger partial charge in [0, 0.05) is 17.0 Å². The molecule has 2 aromatic carbocycles. The highest BCUT2D eigenvalue weighted by molar-refractivity contribution is 6.07. The van der Waals surface area contributed by atoms with E-state index in [0.717, 1.165) is 36.3 Å². The molecule has 0 aromatic heterocycles. The molecule has 4 nitrogen and oxygen atoms in total. The van der Waals surface area contributed by atoms with Crippen molar-refractivity contribution in [2.45, 2.75) is 25.3 Å². The molecule has 1 fully saturated rings. The minimum absolute atomic E-state index is 0.169. The maximum atomic E-state index is 5.57. The van der Waals surface area contributed by atoms with Gasteiger partial charge in [0.1, 0.15) is 11.5 Å². The summed E-state index contributed by atoms with van der Waals surface area (Å²) in [4.78, 5) is 0. The lowest BCUT2D eigenvalue weighted by Gasteiger charge is -2.27. The molecular formula is C22H24N2O2. The number of nitrogens with zero attached hydrogens (tertiary/aromatic N) is 1. The highest BCUT2D eigenvalue weighted by atomic mass is 16.5. The van der Waals surface area contributed by atoms with E-state index >= 15 is 0 Å². The van der Waals surface area contributed by atoms with Crippen molar-refractivity contribution in [3.05, 3.63) is 65.2 Å². The van der Waals surface area contributed by atoms with Crippen LogP contribution < -0.4 is 14.9 Å². The van der Waals surface area contributed by atoms with Gasteiger partial charge in [0.05, 0.1) is 26.0 Å². The quantitative estimate of drug-likeness (QED) is 0.879. The van der Waals surface area contributed by atoms with Gasteiger partial charge in [-0.1, -0.05) is 36.4 Å². The molecule has 4 rings (SSSR count). The third-order valence-corrected chi connectivity index (χ3v) is 5.31. The number of rotatable bonds is 4. The van der Waals surface area contributed by atoms with Crippen LogP contribution >= 0.6 is 0 Å². The van der Waals surface area contributed by atoms with Gasteiger partial charge in [0.15, 0.2) is 0 Å². The molecule has 26 heavy (non-hydrogen) atoms. The Morgan fingerprint density at radius 2 is 1.73 bits per heavy atom. The Balaban J connectivity index is 1.65. The van der Waals surface area contributed by atoms with Crippen molar-refractivity contribution >= 4 is 11.8 Å². The molecule has 1 N–H and O–H groups in total. The minimum Gasteiger partial charge on any atom is -0.496 e. The lowest BCUT2D eigenvalue weighted by molar-refractivity contribution is 0.386. The Morgan fingerprint density at radius 1 is 1.00 bits per heavy atom. The predicted octanol–water partition coefficient (Wildman–Crippen LogP) is 4.59. The Hall–Kier alpha value is -2.75. The molecule has 2 unspecified atom stereocenters. The SMILES string of the molecule is COc1ccccc1/C=C1\CCCC2C1=NNC2c1ccccc1OC. The van der Waals surface area contributed by atoms with E-state index in [1.165, 1.54) is 16.8 Å². The van der Waals surface area contributed by atoms with Gasteiger partial charge in [-0.05, 0) is 43.0 Å². The van der Waals surface area contributed by atoms with Crippen LogP contribution in [0.3, 0.4) is 0 Å². The zero-order chi connectivity index (χ0) is 17.9. The first-order valence-electron chi connectivity index (χ1n) is 9.12. The van der Waals surface area contributed by atoms with Crippen LogP contribution in [-0.4, -0.2) is 19.9 Å². The third-order valence-electron chi connectivity index (χ3n) is 5.31. The molecule has 4 heteroatoms. The number of nitrogens with one attached hydrogen (secondary N) is 1. The highest BCUT2D eigenvalue weighted by Gasteiger charge is 2.37. The summed E-state index contributed by atoms with van der Waals surface area (Å²) in [7, 11) is 3.44. The number of ether oxygens (including phenoxy) is 2. The van der Waals surface area contributed by atoms with Crippen molar-refractivity contribution < 1.29 is 9.47 Å². The van der Waals surface area contributed by atoms with E-state index < -0.39 is 0 Å². The molecule has 0 bridgehead atoms. The van der Waals surface area contributed by atoms with Gasteiger partial charge in [0.2, 0.25) is 0 Å². The maximum Gasteiger partial charge on any atom is 0.126 e. The van der Waals surface area contributed by atoms with E-state index in [9.17, 15) is 0 Å². The lowest BCUT2D eigenvalue weighted by Crippen LogP contribution is -2.25. The van der Waals surface area contributed by atoms with E-state index in [4.69, 9.17) is 14.6 Å². The summed E-state index contributed by atoms with van der Waals surface area (Å²) in [5.41, 5.74) is 8.13. The van der Waals surface area contributed by atoms with Crippen LogP contribution in [0.1, 0.15) is 36.4 Å². The molecule has 0 radical (unpaired) electrons. The fraction of sp³-hybridized carbons (Fsp3) is 0.318. The monoisotopic (exact) mass is 348 g/mol. The zero-order valence-electron chi connectivity index (χ0n) is 15.2.